The monoisotopic (exact) mass is 349 g/mol. The van der Waals surface area contributed by atoms with Gasteiger partial charge in [-0.25, -0.2) is 21.1 Å². The summed E-state index contributed by atoms with van der Waals surface area (Å²) < 4.78 is 48.8. The molecule has 0 aliphatic carbocycles. The van der Waals surface area contributed by atoms with Crippen LogP contribution in [0.15, 0.2) is 29.2 Å². The minimum atomic E-state index is -3.72. The largest absolute Gasteiger partial charge is 0.324 e. The van der Waals surface area contributed by atoms with E-state index in [2.05, 4.69) is 5.32 Å². The molecular formula is C12H19N3O5S2. The van der Waals surface area contributed by atoms with Crippen molar-refractivity contribution in [3.63, 3.8) is 0 Å². The molecule has 124 valence electrons. The molecule has 0 radical (unpaired) electrons. The Hall–Kier alpha value is -1.49. The number of nitrogens with one attached hydrogen (secondary N) is 1. The van der Waals surface area contributed by atoms with E-state index in [0.717, 1.165) is 14.9 Å². The predicted octanol–water partition coefficient (Wildman–Crippen LogP) is -0.233. The summed E-state index contributed by atoms with van der Waals surface area (Å²) in [6, 6.07) is 5.92. The van der Waals surface area contributed by atoms with E-state index >= 15 is 0 Å². The summed E-state index contributed by atoms with van der Waals surface area (Å²) >= 11 is 0. The van der Waals surface area contributed by atoms with Crippen LogP contribution in [0.4, 0.5) is 5.69 Å². The van der Waals surface area contributed by atoms with Crippen LogP contribution < -0.4 is 5.32 Å². The number of likely N-dealkylation sites (N-methyl/N-ethyl adjacent to an activating group) is 1. The first-order valence-corrected chi connectivity index (χ1v) is 9.48. The zero-order valence-electron chi connectivity index (χ0n) is 12.8. The Morgan fingerprint density at radius 2 is 1.64 bits per heavy atom. The van der Waals surface area contributed by atoms with Crippen LogP contribution in [0.5, 0.6) is 0 Å². The van der Waals surface area contributed by atoms with Crippen molar-refractivity contribution in [3.8, 4) is 0 Å². The minimum Gasteiger partial charge on any atom is -0.324 e. The Morgan fingerprint density at radius 3 is 2.14 bits per heavy atom. The summed E-state index contributed by atoms with van der Waals surface area (Å²) in [5.41, 5.74) is 0.100. The van der Waals surface area contributed by atoms with Gasteiger partial charge in [0.15, 0.2) is 0 Å². The normalized spacial score (nSPS) is 12.6. The van der Waals surface area contributed by atoms with Crippen LogP contribution >= 0.6 is 0 Å². The van der Waals surface area contributed by atoms with Crippen molar-refractivity contribution in [2.24, 2.45) is 0 Å². The lowest BCUT2D eigenvalue weighted by Crippen LogP contribution is -2.34. The van der Waals surface area contributed by atoms with Gasteiger partial charge in [-0.2, -0.15) is 4.31 Å². The van der Waals surface area contributed by atoms with E-state index in [9.17, 15) is 21.6 Å². The predicted molar refractivity (Wildman–Crippen MR) is 83.4 cm³/mol. The zero-order valence-corrected chi connectivity index (χ0v) is 14.4. The standard InChI is InChI=1S/C12H19N3O5S2/c1-14(2)22(19,20)11-8-6-5-7-10(11)13-12(16)9-15(3)21(4,17)18/h5-8H,9H2,1-4H3,(H,13,16). The van der Waals surface area contributed by atoms with E-state index in [0.29, 0.717) is 0 Å². The Balaban J connectivity index is 3.04. The molecule has 0 saturated carbocycles. The van der Waals surface area contributed by atoms with E-state index in [1.165, 1.54) is 39.3 Å². The average molecular weight is 349 g/mol. The molecule has 22 heavy (non-hydrogen) atoms. The molecule has 0 aliphatic heterocycles. The van der Waals surface area contributed by atoms with Gasteiger partial charge in [-0.05, 0) is 12.1 Å². The smallest absolute Gasteiger partial charge is 0.244 e. The van der Waals surface area contributed by atoms with E-state index in [4.69, 9.17) is 0 Å². The molecule has 0 unspecified atom stereocenters. The molecule has 0 atom stereocenters. The van der Waals surface area contributed by atoms with Crippen molar-refractivity contribution < 1.29 is 21.6 Å². The number of nitrogens with zero attached hydrogens (tertiary/aromatic N) is 2. The number of hydrogen-bond acceptors (Lipinski definition) is 5. The number of anilines is 1. The molecule has 0 saturated heterocycles. The maximum absolute atomic E-state index is 12.2. The van der Waals surface area contributed by atoms with Gasteiger partial charge in [0.2, 0.25) is 26.0 Å². The molecule has 1 amide bonds. The maximum Gasteiger partial charge on any atom is 0.244 e. The number of sulfonamides is 2. The molecule has 0 aliphatic rings. The lowest BCUT2D eigenvalue weighted by Gasteiger charge is -2.17. The Morgan fingerprint density at radius 1 is 1.09 bits per heavy atom. The summed E-state index contributed by atoms with van der Waals surface area (Å²) in [7, 11) is -3.20. The SMILES string of the molecule is CN(CC(=O)Nc1ccccc1S(=O)(=O)N(C)C)S(C)(=O)=O. The Kier molecular flexibility index (Phi) is 5.68. The van der Waals surface area contributed by atoms with Crippen molar-refractivity contribution in [2.45, 2.75) is 4.90 Å². The van der Waals surface area contributed by atoms with Gasteiger partial charge < -0.3 is 5.32 Å². The summed E-state index contributed by atoms with van der Waals surface area (Å²) in [6.45, 7) is -0.408. The van der Waals surface area contributed by atoms with Crippen molar-refractivity contribution in [1.29, 1.82) is 0 Å². The van der Waals surface area contributed by atoms with Gasteiger partial charge in [0, 0.05) is 21.1 Å². The number of hydrogen-bond donors (Lipinski definition) is 1. The Labute approximate surface area is 130 Å². The first kappa shape index (κ1) is 18.6. The molecule has 0 heterocycles. The number of benzene rings is 1. The quantitative estimate of drug-likeness (QED) is 0.764. The molecule has 1 aromatic carbocycles. The second-order valence-corrected chi connectivity index (χ2v) is 9.06. The Bertz CT molecular complexity index is 757. The second-order valence-electron chi connectivity index (χ2n) is 4.85. The average Bonchev–Trinajstić information content (AvgIpc) is 2.37. The van der Waals surface area contributed by atoms with E-state index in [1.54, 1.807) is 6.07 Å². The third-order valence-corrected chi connectivity index (χ3v) is 5.99. The zero-order chi connectivity index (χ0) is 17.1. The van der Waals surface area contributed by atoms with E-state index in [-0.39, 0.29) is 10.6 Å². The summed E-state index contributed by atoms with van der Waals surface area (Å²) in [6.07, 6.45) is 0.977. The number of para-hydroxylation sites is 1. The molecule has 0 spiro atoms. The molecule has 0 bridgehead atoms. The van der Waals surface area contributed by atoms with Crippen LogP contribution in [0.1, 0.15) is 0 Å². The molecule has 0 fully saturated rings. The van der Waals surface area contributed by atoms with Crippen LogP contribution in [-0.2, 0) is 24.8 Å². The molecule has 1 N–H and O–H groups in total. The molecule has 1 aromatic rings. The van der Waals surface area contributed by atoms with Gasteiger partial charge in [-0.1, -0.05) is 12.1 Å². The van der Waals surface area contributed by atoms with Crippen LogP contribution in [0.25, 0.3) is 0 Å². The first-order chi connectivity index (χ1) is 9.96. The number of rotatable bonds is 6. The third kappa shape index (κ3) is 4.50. The summed E-state index contributed by atoms with van der Waals surface area (Å²) in [5.74, 6) is -0.630. The van der Waals surface area contributed by atoms with Gasteiger partial charge in [0.05, 0.1) is 18.5 Å². The highest BCUT2D eigenvalue weighted by atomic mass is 32.2. The van der Waals surface area contributed by atoms with E-state index in [1.807, 2.05) is 0 Å². The third-order valence-electron chi connectivity index (χ3n) is 2.85. The van der Waals surface area contributed by atoms with Gasteiger partial charge in [-0.3, -0.25) is 4.79 Å². The summed E-state index contributed by atoms with van der Waals surface area (Å²) in [4.78, 5) is 11.8. The van der Waals surface area contributed by atoms with Gasteiger partial charge in [0.1, 0.15) is 4.90 Å². The highest BCUT2D eigenvalue weighted by Gasteiger charge is 2.22. The fourth-order valence-electron chi connectivity index (χ4n) is 1.50. The van der Waals surface area contributed by atoms with Crippen LogP contribution in [0.3, 0.4) is 0 Å². The first-order valence-electron chi connectivity index (χ1n) is 6.19. The molecule has 1 rings (SSSR count). The number of carbonyl (C=O) groups excluding carboxylic acids is 1. The minimum absolute atomic E-state index is 0.0599. The number of carbonyl (C=O) groups is 1. The van der Waals surface area contributed by atoms with E-state index < -0.39 is 32.5 Å². The lowest BCUT2D eigenvalue weighted by molar-refractivity contribution is -0.116. The second kappa shape index (κ2) is 6.73. The molecule has 8 nitrogen and oxygen atoms in total. The van der Waals surface area contributed by atoms with Gasteiger partial charge in [0.25, 0.3) is 0 Å². The fraction of sp³-hybridized carbons (Fsp3) is 0.417. The van der Waals surface area contributed by atoms with Crippen LogP contribution in [0, 0.1) is 0 Å². The van der Waals surface area contributed by atoms with Crippen molar-refractivity contribution in [2.75, 3.05) is 39.3 Å². The highest BCUT2D eigenvalue weighted by molar-refractivity contribution is 7.89. The van der Waals surface area contributed by atoms with Crippen molar-refractivity contribution in [3.05, 3.63) is 24.3 Å². The fourth-order valence-corrected chi connectivity index (χ4v) is 2.89. The van der Waals surface area contributed by atoms with Crippen molar-refractivity contribution in [1.82, 2.24) is 8.61 Å². The van der Waals surface area contributed by atoms with Gasteiger partial charge >= 0.3 is 0 Å². The highest BCUT2D eigenvalue weighted by Crippen LogP contribution is 2.23. The lowest BCUT2D eigenvalue weighted by atomic mass is 10.3. The van der Waals surface area contributed by atoms with Crippen molar-refractivity contribution >= 4 is 31.6 Å². The summed E-state index contributed by atoms with van der Waals surface area (Å²) in [5, 5.41) is 2.42. The molecule has 0 aromatic heterocycles. The molecular weight excluding hydrogens is 330 g/mol. The van der Waals surface area contributed by atoms with Crippen LogP contribution in [-0.4, -0.2) is 65.3 Å². The van der Waals surface area contributed by atoms with Crippen LogP contribution in [0.2, 0.25) is 0 Å². The van der Waals surface area contributed by atoms with Gasteiger partial charge in [-0.15, -0.1) is 0 Å². The maximum atomic E-state index is 12.2. The number of amides is 1. The topological polar surface area (TPSA) is 104 Å². The molecule has 10 heteroatoms.